The van der Waals surface area contributed by atoms with Gasteiger partial charge in [0.25, 0.3) is 0 Å². The van der Waals surface area contributed by atoms with Crippen molar-refractivity contribution >= 4 is 28.5 Å². The number of nitrogens with zero attached hydrogens (tertiary/aromatic N) is 5. The Balaban J connectivity index is 1.50. The van der Waals surface area contributed by atoms with E-state index in [1.807, 2.05) is 39.4 Å². The second-order valence-corrected chi connectivity index (χ2v) is 8.65. The second-order valence-electron chi connectivity index (χ2n) is 7.43. The Morgan fingerprint density at radius 1 is 1.07 bits per heavy atom. The average molecular weight is 433 g/mol. The minimum atomic E-state index is 0.487. The van der Waals surface area contributed by atoms with E-state index in [1.54, 1.807) is 11.3 Å². The van der Waals surface area contributed by atoms with Gasteiger partial charge in [-0.1, -0.05) is 56.3 Å². The fourth-order valence-corrected chi connectivity index (χ4v) is 4.52. The van der Waals surface area contributed by atoms with Crippen molar-refractivity contribution in [1.29, 1.82) is 0 Å². The molecule has 6 nitrogen and oxygen atoms in total. The van der Waals surface area contributed by atoms with Crippen LogP contribution in [0.2, 0.25) is 0 Å². The summed E-state index contributed by atoms with van der Waals surface area (Å²) in [5.41, 5.74) is 4.33. The van der Waals surface area contributed by atoms with Crippen LogP contribution >= 0.6 is 23.6 Å². The molecule has 0 atom stereocenters. The molecule has 30 heavy (non-hydrogen) atoms. The standard InChI is InChI=1S/C22H20N6S2/c1-14(2)15-8-10-17(11-9-15)27-19(24-25-21(27)29)12-18-13-30-22-23-20(26-28(18)22)16-6-4-3-5-7-16/h3-11,13-14H,12H2,1-2H3,(H,25,29). The number of aromatic nitrogens is 6. The molecule has 0 bridgehead atoms. The van der Waals surface area contributed by atoms with Crippen LogP contribution in [0, 0.1) is 4.77 Å². The van der Waals surface area contributed by atoms with E-state index in [9.17, 15) is 0 Å². The van der Waals surface area contributed by atoms with Gasteiger partial charge in [0.15, 0.2) is 10.6 Å². The maximum absolute atomic E-state index is 5.51. The molecule has 0 saturated heterocycles. The van der Waals surface area contributed by atoms with Crippen molar-refractivity contribution in [1.82, 2.24) is 29.4 Å². The summed E-state index contributed by atoms with van der Waals surface area (Å²) in [6.45, 7) is 4.38. The van der Waals surface area contributed by atoms with Crippen molar-refractivity contribution in [2.75, 3.05) is 0 Å². The average Bonchev–Trinajstić information content (AvgIpc) is 3.45. The lowest BCUT2D eigenvalue weighted by molar-refractivity contribution is 0.832. The normalized spacial score (nSPS) is 11.6. The third-order valence-electron chi connectivity index (χ3n) is 5.08. The zero-order valence-electron chi connectivity index (χ0n) is 16.6. The summed E-state index contributed by atoms with van der Waals surface area (Å²) >= 11 is 7.09. The van der Waals surface area contributed by atoms with E-state index in [0.29, 0.717) is 17.1 Å². The van der Waals surface area contributed by atoms with Crippen LogP contribution in [-0.4, -0.2) is 29.4 Å². The number of nitrogens with one attached hydrogen (secondary N) is 1. The van der Waals surface area contributed by atoms with Crippen LogP contribution in [0.5, 0.6) is 0 Å². The minimum absolute atomic E-state index is 0.487. The highest BCUT2D eigenvalue weighted by Crippen LogP contribution is 2.23. The molecule has 0 aliphatic carbocycles. The van der Waals surface area contributed by atoms with E-state index in [-0.39, 0.29) is 0 Å². The third kappa shape index (κ3) is 3.38. The fourth-order valence-electron chi connectivity index (χ4n) is 3.44. The Hall–Kier alpha value is -3.10. The molecule has 1 N–H and O–H groups in total. The van der Waals surface area contributed by atoms with Gasteiger partial charge in [-0.2, -0.15) is 10.1 Å². The highest BCUT2D eigenvalue weighted by Gasteiger charge is 2.15. The lowest BCUT2D eigenvalue weighted by atomic mass is 10.0. The molecule has 0 amide bonds. The highest BCUT2D eigenvalue weighted by molar-refractivity contribution is 7.71. The Kier molecular flexibility index (Phi) is 4.80. The van der Waals surface area contributed by atoms with Gasteiger partial charge in [0.2, 0.25) is 4.96 Å². The van der Waals surface area contributed by atoms with E-state index in [4.69, 9.17) is 17.3 Å². The molecule has 0 fully saturated rings. The Bertz CT molecular complexity index is 1360. The summed E-state index contributed by atoms with van der Waals surface area (Å²) in [5, 5.41) is 14.2. The second kappa shape index (κ2) is 7.62. The number of hydrogen-bond acceptors (Lipinski definition) is 5. The van der Waals surface area contributed by atoms with Gasteiger partial charge in [0.05, 0.1) is 12.1 Å². The number of aromatic amines is 1. The maximum Gasteiger partial charge on any atom is 0.212 e. The summed E-state index contributed by atoms with van der Waals surface area (Å²) in [6.07, 6.45) is 0.594. The molecule has 0 spiro atoms. The maximum atomic E-state index is 5.51. The molecule has 0 unspecified atom stereocenters. The molecule has 5 rings (SSSR count). The van der Waals surface area contributed by atoms with Crippen LogP contribution in [-0.2, 0) is 6.42 Å². The van der Waals surface area contributed by atoms with Gasteiger partial charge in [-0.3, -0.25) is 9.67 Å². The van der Waals surface area contributed by atoms with Crippen LogP contribution in [0.4, 0.5) is 0 Å². The summed E-state index contributed by atoms with van der Waals surface area (Å²) in [7, 11) is 0. The molecule has 150 valence electrons. The van der Waals surface area contributed by atoms with E-state index in [1.165, 1.54) is 5.56 Å². The fraction of sp³-hybridized carbons (Fsp3) is 0.182. The summed E-state index contributed by atoms with van der Waals surface area (Å²) in [6, 6.07) is 18.5. The molecule has 3 heterocycles. The van der Waals surface area contributed by atoms with Gasteiger partial charge in [0.1, 0.15) is 5.82 Å². The molecule has 8 heteroatoms. The van der Waals surface area contributed by atoms with Crippen molar-refractivity contribution in [3.8, 4) is 17.1 Å². The lowest BCUT2D eigenvalue weighted by Gasteiger charge is -2.09. The van der Waals surface area contributed by atoms with Crippen molar-refractivity contribution < 1.29 is 0 Å². The minimum Gasteiger partial charge on any atom is -0.272 e. The third-order valence-corrected chi connectivity index (χ3v) is 6.22. The van der Waals surface area contributed by atoms with E-state index < -0.39 is 0 Å². The zero-order chi connectivity index (χ0) is 20.7. The Labute approximate surface area is 182 Å². The molecule has 5 aromatic rings. The molecule has 0 aliphatic heterocycles. The van der Waals surface area contributed by atoms with E-state index in [2.05, 4.69) is 58.7 Å². The predicted octanol–water partition coefficient (Wildman–Crippen LogP) is 5.42. The van der Waals surface area contributed by atoms with Crippen LogP contribution in [0.25, 0.3) is 22.0 Å². The summed E-state index contributed by atoms with van der Waals surface area (Å²) in [4.78, 5) is 5.54. The Morgan fingerprint density at radius 3 is 2.57 bits per heavy atom. The first-order chi connectivity index (χ1) is 14.6. The monoisotopic (exact) mass is 432 g/mol. The first-order valence-corrected chi connectivity index (χ1v) is 11.0. The van der Waals surface area contributed by atoms with Crippen molar-refractivity contribution in [2.45, 2.75) is 26.2 Å². The van der Waals surface area contributed by atoms with Crippen molar-refractivity contribution in [3.05, 3.63) is 81.8 Å². The van der Waals surface area contributed by atoms with E-state index in [0.717, 1.165) is 33.6 Å². The summed E-state index contributed by atoms with van der Waals surface area (Å²) in [5.74, 6) is 2.06. The van der Waals surface area contributed by atoms with Gasteiger partial charge in [-0.25, -0.2) is 4.52 Å². The van der Waals surface area contributed by atoms with Gasteiger partial charge >= 0.3 is 0 Å². The molecule has 0 saturated carbocycles. The van der Waals surface area contributed by atoms with Crippen molar-refractivity contribution in [2.24, 2.45) is 0 Å². The number of rotatable bonds is 5. The van der Waals surface area contributed by atoms with Gasteiger partial charge in [0, 0.05) is 16.6 Å². The lowest BCUT2D eigenvalue weighted by Crippen LogP contribution is -2.05. The zero-order valence-corrected chi connectivity index (χ0v) is 18.2. The smallest absolute Gasteiger partial charge is 0.212 e. The quantitative estimate of drug-likeness (QED) is 0.377. The molecule has 0 radical (unpaired) electrons. The molecule has 2 aromatic carbocycles. The van der Waals surface area contributed by atoms with Crippen LogP contribution < -0.4 is 0 Å². The first-order valence-electron chi connectivity index (χ1n) is 9.75. The van der Waals surface area contributed by atoms with Gasteiger partial charge in [-0.15, -0.1) is 16.4 Å². The predicted molar refractivity (Wildman–Crippen MR) is 122 cm³/mol. The topological polar surface area (TPSA) is 63.8 Å². The summed E-state index contributed by atoms with van der Waals surface area (Å²) < 4.78 is 4.46. The van der Waals surface area contributed by atoms with Gasteiger partial charge in [-0.05, 0) is 35.8 Å². The molecular weight excluding hydrogens is 412 g/mol. The number of benzene rings is 2. The number of hydrogen-bond donors (Lipinski definition) is 1. The number of thiazole rings is 1. The number of H-pyrrole nitrogens is 1. The number of fused-ring (bicyclic) bond motifs is 1. The van der Waals surface area contributed by atoms with Gasteiger partial charge < -0.3 is 0 Å². The highest BCUT2D eigenvalue weighted by atomic mass is 32.1. The molecule has 3 aromatic heterocycles. The van der Waals surface area contributed by atoms with Crippen LogP contribution in [0.15, 0.2) is 60.0 Å². The Morgan fingerprint density at radius 2 is 1.83 bits per heavy atom. The molecule has 0 aliphatic rings. The largest absolute Gasteiger partial charge is 0.272 e. The molecular formula is C22H20N6S2. The first kappa shape index (κ1) is 18.9. The van der Waals surface area contributed by atoms with Crippen LogP contribution in [0.1, 0.15) is 36.8 Å². The van der Waals surface area contributed by atoms with Crippen molar-refractivity contribution in [3.63, 3.8) is 0 Å². The SMILES string of the molecule is CC(C)c1ccc(-n2c(Cc3csc4nc(-c5ccccc5)nn34)n[nH]c2=S)cc1. The van der Waals surface area contributed by atoms with Crippen LogP contribution in [0.3, 0.4) is 0 Å². The van der Waals surface area contributed by atoms with E-state index >= 15 is 0 Å².